The van der Waals surface area contributed by atoms with Crippen molar-refractivity contribution < 1.29 is 18.0 Å². The van der Waals surface area contributed by atoms with Gasteiger partial charge in [0.2, 0.25) is 0 Å². The minimum absolute atomic E-state index is 0.0542. The Labute approximate surface area is 118 Å². The van der Waals surface area contributed by atoms with Crippen LogP contribution >= 0.6 is 11.8 Å². The Morgan fingerprint density at radius 3 is 2.35 bits per heavy atom. The summed E-state index contributed by atoms with van der Waals surface area (Å²) in [5.41, 5.74) is 0.496. The van der Waals surface area contributed by atoms with Crippen molar-refractivity contribution in [3.05, 3.63) is 58.9 Å². The molecule has 0 radical (unpaired) electrons. The Morgan fingerprint density at radius 2 is 1.70 bits per heavy atom. The molecule has 0 heterocycles. The summed E-state index contributed by atoms with van der Waals surface area (Å²) >= 11 is 0.904. The van der Waals surface area contributed by atoms with Gasteiger partial charge >= 0.3 is 0 Å². The fraction of sp³-hybridized carbons (Fsp3) is 0.133. The van der Waals surface area contributed by atoms with E-state index < -0.39 is 17.5 Å². The molecular formula is C15H11F3OS. The summed E-state index contributed by atoms with van der Waals surface area (Å²) in [5.74, 6) is -1.99. The summed E-state index contributed by atoms with van der Waals surface area (Å²) in [7, 11) is 0. The van der Waals surface area contributed by atoms with E-state index in [2.05, 4.69) is 0 Å². The van der Waals surface area contributed by atoms with Gasteiger partial charge in [-0.2, -0.15) is 0 Å². The second-order valence-electron chi connectivity index (χ2n) is 4.33. The molecule has 0 spiro atoms. The Hall–Kier alpha value is -1.75. The normalized spacial score (nSPS) is 10.7. The topological polar surface area (TPSA) is 17.1 Å². The van der Waals surface area contributed by atoms with Crippen molar-refractivity contribution >= 4 is 17.5 Å². The van der Waals surface area contributed by atoms with Crippen LogP contribution in [-0.2, 0) is 0 Å². The van der Waals surface area contributed by atoms with Crippen molar-refractivity contribution in [1.29, 1.82) is 0 Å². The monoisotopic (exact) mass is 296 g/mol. The van der Waals surface area contributed by atoms with E-state index in [-0.39, 0.29) is 16.2 Å². The Kier molecular flexibility index (Phi) is 4.18. The number of hydrogen-bond acceptors (Lipinski definition) is 2. The van der Waals surface area contributed by atoms with E-state index in [1.807, 2.05) is 0 Å². The summed E-state index contributed by atoms with van der Waals surface area (Å²) in [6.07, 6.45) is 0. The Balaban J connectivity index is 2.50. The molecule has 0 aromatic heterocycles. The third-order valence-electron chi connectivity index (χ3n) is 2.75. The zero-order valence-corrected chi connectivity index (χ0v) is 11.7. The van der Waals surface area contributed by atoms with Gasteiger partial charge in [-0.1, -0.05) is 11.8 Å². The zero-order chi connectivity index (χ0) is 14.9. The number of rotatable bonds is 3. The first-order chi connectivity index (χ1) is 9.38. The number of carbonyl (C=O) groups is 1. The highest BCUT2D eigenvalue weighted by atomic mass is 32.2. The smallest absolute Gasteiger partial charge is 0.161 e. The van der Waals surface area contributed by atoms with E-state index in [4.69, 9.17) is 0 Å². The summed E-state index contributed by atoms with van der Waals surface area (Å²) in [6.45, 7) is 2.85. The van der Waals surface area contributed by atoms with Crippen molar-refractivity contribution in [3.63, 3.8) is 0 Å². The van der Waals surface area contributed by atoms with Crippen LogP contribution in [0.4, 0.5) is 13.2 Å². The van der Waals surface area contributed by atoms with Crippen LogP contribution < -0.4 is 0 Å². The maximum absolute atomic E-state index is 13.6. The SMILES string of the molecule is CC(=O)c1cc(F)c(C)cc1Sc1cc(F)ccc1F. The third-order valence-corrected chi connectivity index (χ3v) is 3.84. The quantitative estimate of drug-likeness (QED) is 0.759. The lowest BCUT2D eigenvalue weighted by atomic mass is 10.1. The number of Topliss-reactive ketones (excluding diaryl/α,β-unsaturated/α-hetero) is 1. The van der Waals surface area contributed by atoms with E-state index >= 15 is 0 Å². The van der Waals surface area contributed by atoms with Gasteiger partial charge in [0.25, 0.3) is 0 Å². The third kappa shape index (κ3) is 3.04. The molecule has 0 bridgehead atoms. The predicted molar refractivity (Wildman–Crippen MR) is 71.6 cm³/mol. The molecule has 2 aromatic carbocycles. The summed E-state index contributed by atoms with van der Waals surface area (Å²) in [6, 6.07) is 5.66. The van der Waals surface area contributed by atoms with Crippen LogP contribution in [0.5, 0.6) is 0 Å². The van der Waals surface area contributed by atoms with Crippen molar-refractivity contribution in [3.8, 4) is 0 Å². The minimum atomic E-state index is -0.590. The van der Waals surface area contributed by atoms with Gasteiger partial charge in [0.15, 0.2) is 5.78 Å². The molecule has 0 aliphatic rings. The van der Waals surface area contributed by atoms with Gasteiger partial charge < -0.3 is 0 Å². The molecule has 0 atom stereocenters. The molecule has 2 rings (SSSR count). The van der Waals surface area contributed by atoms with Gasteiger partial charge in [0.1, 0.15) is 17.5 Å². The van der Waals surface area contributed by atoms with E-state index in [0.29, 0.717) is 10.5 Å². The van der Waals surface area contributed by atoms with E-state index in [1.54, 1.807) is 6.92 Å². The van der Waals surface area contributed by atoms with Gasteiger partial charge in [-0.15, -0.1) is 0 Å². The maximum atomic E-state index is 13.6. The number of ketones is 1. The van der Waals surface area contributed by atoms with Crippen LogP contribution in [0.25, 0.3) is 0 Å². The molecule has 0 amide bonds. The molecule has 0 aliphatic heterocycles. The van der Waals surface area contributed by atoms with Crippen LogP contribution in [0.15, 0.2) is 40.1 Å². The van der Waals surface area contributed by atoms with Gasteiger partial charge in [-0.25, -0.2) is 13.2 Å². The van der Waals surface area contributed by atoms with Crippen LogP contribution in [0.2, 0.25) is 0 Å². The highest BCUT2D eigenvalue weighted by Gasteiger charge is 2.14. The number of benzene rings is 2. The van der Waals surface area contributed by atoms with Gasteiger partial charge in [-0.05, 0) is 49.7 Å². The summed E-state index contributed by atoms with van der Waals surface area (Å²) < 4.78 is 40.3. The van der Waals surface area contributed by atoms with Crippen molar-refractivity contribution in [2.75, 3.05) is 0 Å². The number of aryl methyl sites for hydroxylation is 1. The van der Waals surface area contributed by atoms with Crippen molar-refractivity contribution in [2.24, 2.45) is 0 Å². The summed E-state index contributed by atoms with van der Waals surface area (Å²) in [4.78, 5) is 12.0. The van der Waals surface area contributed by atoms with Crippen LogP contribution in [0.1, 0.15) is 22.8 Å². The number of halogens is 3. The second kappa shape index (κ2) is 5.71. The number of hydrogen-bond donors (Lipinski definition) is 0. The van der Waals surface area contributed by atoms with Gasteiger partial charge in [0, 0.05) is 10.5 Å². The fourth-order valence-corrected chi connectivity index (χ4v) is 2.81. The lowest BCUT2D eigenvalue weighted by molar-refractivity contribution is 0.101. The molecule has 104 valence electrons. The summed E-state index contributed by atoms with van der Waals surface area (Å²) in [5, 5.41) is 0. The highest BCUT2D eigenvalue weighted by molar-refractivity contribution is 7.99. The highest BCUT2D eigenvalue weighted by Crippen LogP contribution is 2.34. The fourth-order valence-electron chi connectivity index (χ4n) is 1.69. The molecular weight excluding hydrogens is 285 g/mol. The average Bonchev–Trinajstić information content (AvgIpc) is 2.37. The lowest BCUT2D eigenvalue weighted by Gasteiger charge is -2.09. The van der Waals surface area contributed by atoms with Crippen molar-refractivity contribution in [1.82, 2.24) is 0 Å². The van der Waals surface area contributed by atoms with E-state index in [9.17, 15) is 18.0 Å². The van der Waals surface area contributed by atoms with Gasteiger partial charge in [-0.3, -0.25) is 4.79 Å². The minimum Gasteiger partial charge on any atom is -0.294 e. The zero-order valence-electron chi connectivity index (χ0n) is 10.8. The van der Waals surface area contributed by atoms with Gasteiger partial charge in [0.05, 0.1) is 4.90 Å². The molecule has 20 heavy (non-hydrogen) atoms. The van der Waals surface area contributed by atoms with Crippen LogP contribution in [-0.4, -0.2) is 5.78 Å². The van der Waals surface area contributed by atoms with E-state index in [1.165, 1.54) is 13.0 Å². The molecule has 0 saturated heterocycles. The number of carbonyl (C=O) groups excluding carboxylic acids is 1. The second-order valence-corrected chi connectivity index (χ2v) is 5.41. The molecule has 5 heteroatoms. The molecule has 1 nitrogen and oxygen atoms in total. The van der Waals surface area contributed by atoms with Crippen molar-refractivity contribution in [2.45, 2.75) is 23.6 Å². The average molecular weight is 296 g/mol. The standard InChI is InChI=1S/C15H11F3OS/c1-8-5-14(11(9(2)19)7-13(8)18)20-15-6-10(16)3-4-12(15)17/h3-7H,1-2H3. The van der Waals surface area contributed by atoms with Crippen LogP contribution in [0, 0.1) is 24.4 Å². The molecule has 0 fully saturated rings. The lowest BCUT2D eigenvalue weighted by Crippen LogP contribution is -1.98. The largest absolute Gasteiger partial charge is 0.294 e. The molecule has 0 aliphatic carbocycles. The Morgan fingerprint density at radius 1 is 1.00 bits per heavy atom. The predicted octanol–water partition coefficient (Wildman–Crippen LogP) is 4.77. The maximum Gasteiger partial charge on any atom is 0.161 e. The van der Waals surface area contributed by atoms with Crippen LogP contribution in [0.3, 0.4) is 0 Å². The molecule has 0 unspecified atom stereocenters. The molecule has 2 aromatic rings. The Bertz CT molecular complexity index is 683. The van der Waals surface area contributed by atoms with E-state index in [0.717, 1.165) is 36.0 Å². The molecule has 0 saturated carbocycles. The first-order valence-electron chi connectivity index (χ1n) is 5.82. The first kappa shape index (κ1) is 14.7. The molecule has 0 N–H and O–H groups in total. The first-order valence-corrected chi connectivity index (χ1v) is 6.64.